The smallest absolute Gasteiger partial charge is 0.255 e. The van der Waals surface area contributed by atoms with Gasteiger partial charge in [0.05, 0.1) is 5.56 Å². The number of amides is 1. The number of nitrogens with zero attached hydrogens (tertiary/aromatic N) is 1. The third-order valence-electron chi connectivity index (χ3n) is 4.27. The van der Waals surface area contributed by atoms with Gasteiger partial charge in [-0.05, 0) is 72.8 Å². The molecule has 1 saturated heterocycles. The maximum Gasteiger partial charge on any atom is 0.255 e. The van der Waals surface area contributed by atoms with Crippen molar-refractivity contribution in [3.63, 3.8) is 0 Å². The summed E-state index contributed by atoms with van der Waals surface area (Å²) in [7, 11) is 0. The fraction of sp³-hybridized carbons (Fsp3) is 0.562. The van der Waals surface area contributed by atoms with Crippen LogP contribution in [0.15, 0.2) is 28.7 Å². The topological polar surface area (TPSA) is 32.3 Å². The molecule has 2 aliphatic rings. The van der Waals surface area contributed by atoms with Gasteiger partial charge in [0.2, 0.25) is 0 Å². The number of carbonyl (C=O) groups is 1. The van der Waals surface area contributed by atoms with E-state index in [1.54, 1.807) is 0 Å². The minimum atomic E-state index is 0.193. The molecule has 3 nitrogen and oxygen atoms in total. The molecule has 1 N–H and O–H groups in total. The fourth-order valence-electron chi connectivity index (χ4n) is 2.92. The van der Waals surface area contributed by atoms with Crippen LogP contribution in [0.3, 0.4) is 0 Å². The summed E-state index contributed by atoms with van der Waals surface area (Å²) < 4.78 is 0.904. The van der Waals surface area contributed by atoms with Gasteiger partial charge in [-0.3, -0.25) is 4.79 Å². The van der Waals surface area contributed by atoms with E-state index < -0.39 is 0 Å². The Morgan fingerprint density at radius 2 is 1.90 bits per heavy atom. The van der Waals surface area contributed by atoms with Gasteiger partial charge in [0.1, 0.15) is 0 Å². The van der Waals surface area contributed by atoms with E-state index in [1.165, 1.54) is 25.7 Å². The van der Waals surface area contributed by atoms with Gasteiger partial charge in [0, 0.05) is 17.1 Å². The summed E-state index contributed by atoms with van der Waals surface area (Å²) in [5.41, 5.74) is 0.799. The van der Waals surface area contributed by atoms with E-state index in [4.69, 9.17) is 0 Å². The Balaban J connectivity index is 1.73. The van der Waals surface area contributed by atoms with Gasteiger partial charge in [-0.25, -0.2) is 0 Å². The quantitative estimate of drug-likeness (QED) is 0.916. The van der Waals surface area contributed by atoms with Crippen LogP contribution in [0.25, 0.3) is 0 Å². The van der Waals surface area contributed by atoms with Gasteiger partial charge < -0.3 is 10.2 Å². The molecule has 1 saturated carbocycles. The van der Waals surface area contributed by atoms with Crippen LogP contribution in [0.2, 0.25) is 0 Å². The zero-order valence-corrected chi connectivity index (χ0v) is 13.2. The van der Waals surface area contributed by atoms with Crippen LogP contribution < -0.4 is 5.32 Å². The van der Waals surface area contributed by atoms with Crippen molar-refractivity contribution in [1.82, 2.24) is 10.2 Å². The Bertz CT molecular complexity index is 481. The highest BCUT2D eigenvalue weighted by Crippen LogP contribution is 2.31. The number of carbonyl (C=O) groups excluding carboxylic acids is 1. The predicted molar refractivity (Wildman–Crippen MR) is 83.8 cm³/mol. The maximum absolute atomic E-state index is 12.8. The van der Waals surface area contributed by atoms with Crippen molar-refractivity contribution in [3.8, 4) is 0 Å². The van der Waals surface area contributed by atoms with Crippen molar-refractivity contribution in [1.29, 1.82) is 0 Å². The highest BCUT2D eigenvalue weighted by Gasteiger charge is 2.35. The summed E-state index contributed by atoms with van der Waals surface area (Å²) in [6, 6.07) is 8.24. The Labute approximate surface area is 128 Å². The Kier molecular flexibility index (Phi) is 4.41. The molecule has 1 aromatic carbocycles. The molecular formula is C16H21BrN2O. The van der Waals surface area contributed by atoms with Crippen molar-refractivity contribution in [3.05, 3.63) is 34.3 Å². The molecule has 1 aliphatic carbocycles. The minimum Gasteiger partial charge on any atom is -0.335 e. The van der Waals surface area contributed by atoms with E-state index in [1.807, 2.05) is 24.3 Å². The molecule has 1 heterocycles. The second-order valence-corrected chi connectivity index (χ2v) is 6.72. The number of hydrogen-bond acceptors (Lipinski definition) is 2. The maximum atomic E-state index is 12.8. The van der Waals surface area contributed by atoms with Crippen molar-refractivity contribution in [2.75, 3.05) is 19.6 Å². The largest absolute Gasteiger partial charge is 0.335 e. The summed E-state index contributed by atoms with van der Waals surface area (Å²) in [5, 5.41) is 3.39. The molecule has 0 bridgehead atoms. The predicted octanol–water partition coefficient (Wildman–Crippen LogP) is 3.05. The molecule has 0 spiro atoms. The molecule has 1 amide bonds. The molecule has 0 atom stereocenters. The van der Waals surface area contributed by atoms with Crippen LogP contribution in [0.1, 0.15) is 36.0 Å². The summed E-state index contributed by atoms with van der Waals surface area (Å²) in [5.74, 6) is 0.849. The van der Waals surface area contributed by atoms with Crippen molar-refractivity contribution in [2.24, 2.45) is 5.92 Å². The summed E-state index contributed by atoms with van der Waals surface area (Å²) in [4.78, 5) is 14.9. The van der Waals surface area contributed by atoms with E-state index in [0.717, 1.165) is 29.7 Å². The third kappa shape index (κ3) is 3.23. The van der Waals surface area contributed by atoms with Crippen LogP contribution in [-0.4, -0.2) is 36.5 Å². The van der Waals surface area contributed by atoms with Gasteiger partial charge in [0.15, 0.2) is 0 Å². The molecule has 0 unspecified atom stereocenters. The van der Waals surface area contributed by atoms with E-state index >= 15 is 0 Å². The molecule has 1 aromatic rings. The lowest BCUT2D eigenvalue weighted by Gasteiger charge is -2.30. The van der Waals surface area contributed by atoms with Crippen LogP contribution in [0.4, 0.5) is 0 Å². The van der Waals surface area contributed by atoms with Gasteiger partial charge in [-0.1, -0.05) is 12.1 Å². The molecule has 4 heteroatoms. The fourth-order valence-corrected chi connectivity index (χ4v) is 3.37. The van der Waals surface area contributed by atoms with Crippen molar-refractivity contribution < 1.29 is 4.79 Å². The molecule has 108 valence electrons. The standard InChI is InChI=1S/C16H21BrN2O/c17-15-4-2-1-3-14(15)16(20)19(13-5-6-13)11-12-7-9-18-10-8-12/h1-4,12-13,18H,5-11H2. The van der Waals surface area contributed by atoms with Crippen LogP contribution in [-0.2, 0) is 0 Å². The Morgan fingerprint density at radius 1 is 1.20 bits per heavy atom. The summed E-state index contributed by atoms with van der Waals surface area (Å²) >= 11 is 3.50. The Morgan fingerprint density at radius 3 is 2.55 bits per heavy atom. The average Bonchev–Trinajstić information content (AvgIpc) is 3.30. The SMILES string of the molecule is O=C(c1ccccc1Br)N(CC1CCNCC1)C1CC1. The first-order valence-corrected chi connectivity index (χ1v) is 8.31. The second-order valence-electron chi connectivity index (χ2n) is 5.86. The van der Waals surface area contributed by atoms with E-state index in [9.17, 15) is 4.79 Å². The van der Waals surface area contributed by atoms with Gasteiger partial charge in [-0.15, -0.1) is 0 Å². The highest BCUT2D eigenvalue weighted by atomic mass is 79.9. The summed E-state index contributed by atoms with van der Waals surface area (Å²) in [6.45, 7) is 3.10. The van der Waals surface area contributed by atoms with E-state index in [0.29, 0.717) is 12.0 Å². The normalized spacial score (nSPS) is 19.9. The first kappa shape index (κ1) is 14.1. The second kappa shape index (κ2) is 6.27. The third-order valence-corrected chi connectivity index (χ3v) is 4.96. The number of hydrogen-bond donors (Lipinski definition) is 1. The monoisotopic (exact) mass is 336 g/mol. The number of halogens is 1. The number of rotatable bonds is 4. The Hall–Kier alpha value is -0.870. The first-order valence-electron chi connectivity index (χ1n) is 7.52. The van der Waals surface area contributed by atoms with Gasteiger partial charge in [-0.2, -0.15) is 0 Å². The van der Waals surface area contributed by atoms with Crippen LogP contribution in [0, 0.1) is 5.92 Å². The average molecular weight is 337 g/mol. The highest BCUT2D eigenvalue weighted by molar-refractivity contribution is 9.10. The first-order chi connectivity index (χ1) is 9.75. The lowest BCUT2D eigenvalue weighted by atomic mass is 9.97. The molecule has 0 radical (unpaired) electrons. The summed E-state index contributed by atoms with van der Waals surface area (Å²) in [6.07, 6.45) is 4.71. The minimum absolute atomic E-state index is 0.193. The van der Waals surface area contributed by atoms with Crippen LogP contribution in [0.5, 0.6) is 0 Å². The molecular weight excluding hydrogens is 316 g/mol. The number of piperidine rings is 1. The molecule has 1 aliphatic heterocycles. The van der Waals surface area contributed by atoms with Crippen molar-refractivity contribution >= 4 is 21.8 Å². The van der Waals surface area contributed by atoms with Gasteiger partial charge in [0.25, 0.3) is 5.91 Å². The lowest BCUT2D eigenvalue weighted by molar-refractivity contribution is 0.0700. The zero-order chi connectivity index (χ0) is 13.9. The molecule has 3 rings (SSSR count). The van der Waals surface area contributed by atoms with Crippen molar-refractivity contribution in [2.45, 2.75) is 31.7 Å². The van der Waals surface area contributed by atoms with Gasteiger partial charge >= 0.3 is 0 Å². The molecule has 20 heavy (non-hydrogen) atoms. The van der Waals surface area contributed by atoms with Crippen LogP contribution >= 0.6 is 15.9 Å². The lowest BCUT2D eigenvalue weighted by Crippen LogP contribution is -2.40. The zero-order valence-electron chi connectivity index (χ0n) is 11.6. The van der Waals surface area contributed by atoms with E-state index in [-0.39, 0.29) is 5.91 Å². The number of benzene rings is 1. The molecule has 0 aromatic heterocycles. The number of nitrogens with one attached hydrogen (secondary N) is 1. The molecule has 2 fully saturated rings. The van der Waals surface area contributed by atoms with E-state index in [2.05, 4.69) is 26.1 Å².